The second-order valence-electron chi connectivity index (χ2n) is 14.2. The van der Waals surface area contributed by atoms with Gasteiger partial charge in [-0.1, -0.05) is 115 Å². The molecule has 0 bridgehead atoms. The highest BCUT2D eigenvalue weighted by atomic mass is 19.4. The molecule has 0 saturated heterocycles. The lowest BCUT2D eigenvalue weighted by Crippen LogP contribution is -2.04. The Hall–Kier alpha value is -6.85. The molecule has 0 aliphatic heterocycles. The summed E-state index contributed by atoms with van der Waals surface area (Å²) in [5.74, 6) is 0. The molecule has 0 aliphatic rings. The maximum absolute atomic E-state index is 14.0. The van der Waals surface area contributed by atoms with Crippen molar-refractivity contribution in [2.24, 2.45) is 0 Å². The Morgan fingerprint density at radius 2 is 0.727 bits per heavy atom. The molecule has 55 heavy (non-hydrogen) atoms. The zero-order chi connectivity index (χ0) is 37.3. The van der Waals surface area contributed by atoms with Crippen LogP contribution in [0.15, 0.2) is 182 Å². The molecule has 0 unspecified atom stereocenters. The van der Waals surface area contributed by atoms with Crippen LogP contribution in [-0.4, -0.2) is 9.13 Å². The summed E-state index contributed by atoms with van der Waals surface area (Å²) >= 11 is 0. The van der Waals surface area contributed by atoms with E-state index >= 15 is 0 Å². The SMILES string of the molecule is Cc1cccc(-c2cc(-c3cc(-n4c5ccccc5c5ccccc54)cc(-n4c5ccccc5c5ccccc54)c3)cc(-c3cccc(C(F)(F)F)c3)c2)c1. The Balaban J connectivity index is 1.30. The lowest BCUT2D eigenvalue weighted by Gasteiger charge is -2.17. The molecule has 0 saturated carbocycles. The van der Waals surface area contributed by atoms with E-state index in [9.17, 15) is 13.2 Å². The average Bonchev–Trinajstić information content (AvgIpc) is 3.73. The van der Waals surface area contributed by atoms with Crippen molar-refractivity contribution in [2.45, 2.75) is 13.1 Å². The molecule has 2 nitrogen and oxygen atoms in total. The van der Waals surface area contributed by atoms with Gasteiger partial charge in [-0.15, -0.1) is 0 Å². The third-order valence-electron chi connectivity index (χ3n) is 10.7. The molecule has 10 aromatic rings. The first-order chi connectivity index (χ1) is 26.8. The average molecular weight is 719 g/mol. The number of hydrogen-bond donors (Lipinski definition) is 0. The summed E-state index contributed by atoms with van der Waals surface area (Å²) in [6.45, 7) is 2.05. The maximum Gasteiger partial charge on any atom is 0.416 e. The van der Waals surface area contributed by atoms with E-state index in [4.69, 9.17) is 0 Å². The van der Waals surface area contributed by atoms with Crippen LogP contribution in [0.3, 0.4) is 0 Å². The smallest absolute Gasteiger partial charge is 0.309 e. The van der Waals surface area contributed by atoms with Gasteiger partial charge in [0.2, 0.25) is 0 Å². The second kappa shape index (κ2) is 12.6. The Kier molecular flexibility index (Phi) is 7.53. The first kappa shape index (κ1) is 32.8. The second-order valence-corrected chi connectivity index (χ2v) is 14.2. The van der Waals surface area contributed by atoms with E-state index < -0.39 is 11.7 Å². The van der Waals surface area contributed by atoms with Crippen molar-refractivity contribution in [1.82, 2.24) is 9.13 Å². The van der Waals surface area contributed by atoms with E-state index in [2.05, 4.69) is 143 Å². The highest BCUT2D eigenvalue weighted by molar-refractivity contribution is 6.10. The van der Waals surface area contributed by atoms with Gasteiger partial charge < -0.3 is 9.13 Å². The van der Waals surface area contributed by atoms with E-state index in [-0.39, 0.29) is 0 Å². The Labute approximate surface area is 316 Å². The van der Waals surface area contributed by atoms with Crippen LogP contribution >= 0.6 is 0 Å². The molecule has 2 aromatic heterocycles. The van der Waals surface area contributed by atoms with Gasteiger partial charge in [-0.05, 0) is 113 Å². The van der Waals surface area contributed by atoms with Crippen LogP contribution in [0.1, 0.15) is 11.1 Å². The number of aromatic nitrogens is 2. The minimum Gasteiger partial charge on any atom is -0.309 e. The topological polar surface area (TPSA) is 9.86 Å². The van der Waals surface area contributed by atoms with E-state index in [0.717, 1.165) is 88.9 Å². The standard InChI is InChI=1S/C50H33F3N2/c1-32-12-10-13-33(24-32)35-25-36(34-14-11-15-39(28-34)50(51,52)53)27-37(26-35)38-29-40(54-46-20-6-2-16-42(46)43-17-3-7-21-47(43)54)31-41(30-38)55-48-22-8-4-18-44(48)45-19-5-9-23-49(45)55/h2-31H,1H3. The predicted octanol–water partition coefficient (Wildman–Crippen LogP) is 14.2. The summed E-state index contributed by atoms with van der Waals surface area (Å²) in [6.07, 6.45) is -4.46. The molecule has 8 aromatic carbocycles. The van der Waals surface area contributed by atoms with Crippen LogP contribution in [0.2, 0.25) is 0 Å². The number of alkyl halides is 3. The number of aryl methyl sites for hydroxylation is 1. The number of fused-ring (bicyclic) bond motifs is 6. The summed E-state index contributed by atoms with van der Waals surface area (Å²) < 4.78 is 46.7. The Bertz CT molecular complexity index is 2870. The van der Waals surface area contributed by atoms with Crippen LogP contribution in [0, 0.1) is 6.92 Å². The molecule has 0 amide bonds. The van der Waals surface area contributed by atoms with Crippen LogP contribution in [0.5, 0.6) is 0 Å². The number of halogens is 3. The first-order valence-corrected chi connectivity index (χ1v) is 18.3. The minimum atomic E-state index is -4.46. The van der Waals surface area contributed by atoms with Crippen LogP contribution < -0.4 is 0 Å². The molecule has 0 atom stereocenters. The quantitative estimate of drug-likeness (QED) is 0.168. The van der Waals surface area contributed by atoms with Crippen molar-refractivity contribution >= 4 is 43.6 Å². The number of nitrogens with zero attached hydrogens (tertiary/aromatic N) is 2. The number of para-hydroxylation sites is 4. The first-order valence-electron chi connectivity index (χ1n) is 18.3. The van der Waals surface area contributed by atoms with Crippen molar-refractivity contribution in [3.8, 4) is 44.8 Å². The van der Waals surface area contributed by atoms with Gasteiger partial charge in [0.1, 0.15) is 0 Å². The number of benzene rings is 8. The molecule has 0 spiro atoms. The van der Waals surface area contributed by atoms with E-state index in [1.807, 2.05) is 31.2 Å². The van der Waals surface area contributed by atoms with Gasteiger partial charge in [-0.25, -0.2) is 0 Å². The predicted molar refractivity (Wildman–Crippen MR) is 221 cm³/mol. The Morgan fingerprint density at radius 1 is 0.345 bits per heavy atom. The van der Waals surface area contributed by atoms with E-state index in [1.54, 1.807) is 6.07 Å². The molecule has 0 fully saturated rings. The molecule has 10 rings (SSSR count). The normalized spacial score (nSPS) is 12.0. The maximum atomic E-state index is 14.0. The molecule has 0 aliphatic carbocycles. The zero-order valence-corrected chi connectivity index (χ0v) is 29.8. The summed E-state index contributed by atoms with van der Waals surface area (Å²) in [6, 6.07) is 60.6. The fourth-order valence-electron chi connectivity index (χ4n) is 8.25. The summed E-state index contributed by atoms with van der Waals surface area (Å²) in [5, 5.41) is 4.65. The number of hydrogen-bond acceptors (Lipinski definition) is 0. The van der Waals surface area contributed by atoms with Crippen LogP contribution in [0.4, 0.5) is 13.2 Å². The highest BCUT2D eigenvalue weighted by Crippen LogP contribution is 2.40. The molecular weight excluding hydrogens is 686 g/mol. The fraction of sp³-hybridized carbons (Fsp3) is 0.0400. The summed E-state index contributed by atoms with van der Waals surface area (Å²) in [7, 11) is 0. The highest BCUT2D eigenvalue weighted by Gasteiger charge is 2.30. The van der Waals surface area contributed by atoms with Crippen molar-refractivity contribution in [1.29, 1.82) is 0 Å². The van der Waals surface area contributed by atoms with Crippen molar-refractivity contribution < 1.29 is 13.2 Å². The van der Waals surface area contributed by atoms with Gasteiger partial charge in [0, 0.05) is 32.9 Å². The van der Waals surface area contributed by atoms with Crippen LogP contribution in [-0.2, 0) is 6.18 Å². The monoisotopic (exact) mass is 718 g/mol. The third-order valence-corrected chi connectivity index (χ3v) is 10.7. The fourth-order valence-corrected chi connectivity index (χ4v) is 8.25. The minimum absolute atomic E-state index is 0.506. The largest absolute Gasteiger partial charge is 0.416 e. The lowest BCUT2D eigenvalue weighted by atomic mass is 9.92. The molecule has 0 N–H and O–H groups in total. The van der Waals surface area contributed by atoms with Gasteiger partial charge in [0.25, 0.3) is 0 Å². The summed E-state index contributed by atoms with van der Waals surface area (Å²) in [4.78, 5) is 0. The van der Waals surface area contributed by atoms with E-state index in [0.29, 0.717) is 11.1 Å². The van der Waals surface area contributed by atoms with E-state index in [1.165, 1.54) is 12.1 Å². The van der Waals surface area contributed by atoms with Crippen molar-refractivity contribution in [2.75, 3.05) is 0 Å². The molecule has 5 heteroatoms. The van der Waals surface area contributed by atoms with Crippen molar-refractivity contribution in [3.05, 3.63) is 193 Å². The molecule has 264 valence electrons. The summed E-state index contributed by atoms with van der Waals surface area (Å²) in [5.41, 5.74) is 11.7. The van der Waals surface area contributed by atoms with Crippen molar-refractivity contribution in [3.63, 3.8) is 0 Å². The number of rotatable bonds is 5. The molecule has 0 radical (unpaired) electrons. The van der Waals surface area contributed by atoms with Crippen LogP contribution in [0.25, 0.3) is 88.4 Å². The zero-order valence-electron chi connectivity index (χ0n) is 29.8. The van der Waals surface area contributed by atoms with Gasteiger partial charge in [0.15, 0.2) is 0 Å². The van der Waals surface area contributed by atoms with Gasteiger partial charge in [-0.2, -0.15) is 13.2 Å². The third kappa shape index (κ3) is 5.59. The molecule has 2 heterocycles. The molecular formula is C50H33F3N2. The van der Waals surface area contributed by atoms with Gasteiger partial charge in [0.05, 0.1) is 27.6 Å². The van der Waals surface area contributed by atoms with Gasteiger partial charge >= 0.3 is 6.18 Å². The van der Waals surface area contributed by atoms with Gasteiger partial charge in [-0.3, -0.25) is 0 Å². The Morgan fingerprint density at radius 3 is 1.16 bits per heavy atom. The lowest BCUT2D eigenvalue weighted by molar-refractivity contribution is -0.137.